The monoisotopic (exact) mass is 395 g/mol. The van der Waals surface area contributed by atoms with E-state index in [1.165, 1.54) is 60.3 Å². The van der Waals surface area contributed by atoms with Crippen LogP contribution in [0.3, 0.4) is 0 Å². The summed E-state index contributed by atoms with van der Waals surface area (Å²) in [6.45, 7) is 2.15. The molecule has 1 N–H and O–H groups in total. The number of nitrogens with one attached hydrogen (secondary N) is 1. The van der Waals surface area contributed by atoms with E-state index in [-0.39, 0.29) is 0 Å². The normalized spacial score (nSPS) is 18.2. The maximum Gasteiger partial charge on any atom is 0.160 e. The molecule has 1 fully saturated rings. The van der Waals surface area contributed by atoms with Gasteiger partial charge in [0.15, 0.2) is 11.6 Å². The Kier molecular flexibility index (Phi) is 4.78. The van der Waals surface area contributed by atoms with E-state index in [1.807, 2.05) is 6.07 Å². The van der Waals surface area contributed by atoms with Gasteiger partial charge in [0.2, 0.25) is 0 Å². The van der Waals surface area contributed by atoms with E-state index in [4.69, 9.17) is 0 Å². The largest absolute Gasteiger partial charge is 0.355 e. The molecule has 3 nitrogen and oxygen atoms in total. The van der Waals surface area contributed by atoms with Crippen LogP contribution in [0.25, 0.3) is 10.9 Å². The van der Waals surface area contributed by atoms with E-state index in [0.717, 1.165) is 37.3 Å². The van der Waals surface area contributed by atoms with Gasteiger partial charge in [0, 0.05) is 66.6 Å². The van der Waals surface area contributed by atoms with Crippen molar-refractivity contribution >= 4 is 22.3 Å². The molecule has 1 aromatic heterocycles. The molecule has 0 amide bonds. The van der Waals surface area contributed by atoms with Crippen molar-refractivity contribution in [2.45, 2.75) is 51.1 Å². The molecule has 152 valence electrons. The van der Waals surface area contributed by atoms with Crippen molar-refractivity contribution in [3.05, 3.63) is 59.3 Å². The number of fused-ring (bicyclic) bond motifs is 3. The summed E-state index contributed by atoms with van der Waals surface area (Å²) in [5, 5.41) is 4.49. The second-order valence-corrected chi connectivity index (χ2v) is 8.48. The molecule has 29 heavy (non-hydrogen) atoms. The van der Waals surface area contributed by atoms with Crippen LogP contribution in [0.15, 0.2) is 36.4 Å². The third-order valence-corrected chi connectivity index (χ3v) is 6.73. The van der Waals surface area contributed by atoms with Crippen molar-refractivity contribution in [3.63, 3.8) is 0 Å². The predicted octanol–water partition coefficient (Wildman–Crippen LogP) is 5.89. The van der Waals surface area contributed by atoms with Crippen LogP contribution in [0.5, 0.6) is 0 Å². The first kappa shape index (κ1) is 18.6. The Hall–Kier alpha value is -2.40. The lowest BCUT2D eigenvalue weighted by Gasteiger charge is -2.37. The first-order valence-electron chi connectivity index (χ1n) is 10.7. The van der Waals surface area contributed by atoms with Gasteiger partial charge >= 0.3 is 0 Å². The number of aromatic nitrogens is 1. The molecule has 2 aliphatic rings. The van der Waals surface area contributed by atoms with Crippen LogP contribution in [0.2, 0.25) is 0 Å². The van der Waals surface area contributed by atoms with E-state index < -0.39 is 11.6 Å². The van der Waals surface area contributed by atoms with Crippen molar-refractivity contribution in [1.29, 1.82) is 0 Å². The predicted molar refractivity (Wildman–Crippen MR) is 114 cm³/mol. The van der Waals surface area contributed by atoms with E-state index in [1.54, 1.807) is 6.07 Å². The summed E-state index contributed by atoms with van der Waals surface area (Å²) in [4.78, 5) is 2.68. The number of rotatable bonds is 3. The Balaban J connectivity index is 1.47. The van der Waals surface area contributed by atoms with Gasteiger partial charge in [0.1, 0.15) is 0 Å². The molecular weight excluding hydrogens is 368 g/mol. The molecule has 0 spiro atoms. The van der Waals surface area contributed by atoms with Gasteiger partial charge < -0.3 is 9.88 Å². The Morgan fingerprint density at radius 2 is 1.69 bits per heavy atom. The van der Waals surface area contributed by atoms with Crippen LogP contribution in [-0.2, 0) is 20.0 Å². The summed E-state index contributed by atoms with van der Waals surface area (Å²) in [7, 11) is 2.15. The van der Waals surface area contributed by atoms with Gasteiger partial charge in [0.25, 0.3) is 0 Å². The topological polar surface area (TPSA) is 20.2 Å². The summed E-state index contributed by atoms with van der Waals surface area (Å²) in [5.41, 5.74) is 5.53. The van der Waals surface area contributed by atoms with Gasteiger partial charge in [-0.05, 0) is 48.7 Å². The second-order valence-electron chi connectivity index (χ2n) is 8.48. The van der Waals surface area contributed by atoms with Crippen molar-refractivity contribution in [1.82, 2.24) is 9.47 Å². The third-order valence-electron chi connectivity index (χ3n) is 6.73. The highest BCUT2D eigenvalue weighted by Crippen LogP contribution is 2.35. The lowest BCUT2D eigenvalue weighted by Crippen LogP contribution is -2.40. The number of benzene rings is 2. The molecule has 5 heteroatoms. The van der Waals surface area contributed by atoms with Crippen LogP contribution in [0.4, 0.5) is 20.2 Å². The molecule has 2 heterocycles. The number of aryl methyl sites for hydroxylation is 1. The highest BCUT2D eigenvalue weighted by atomic mass is 19.2. The first-order valence-corrected chi connectivity index (χ1v) is 10.7. The summed E-state index contributed by atoms with van der Waals surface area (Å²) < 4.78 is 29.1. The average molecular weight is 395 g/mol. The summed E-state index contributed by atoms with van der Waals surface area (Å²) in [6.07, 6.45) is 7.82. The molecular formula is C24H27F2N3. The van der Waals surface area contributed by atoms with Gasteiger partial charge in [-0.25, -0.2) is 8.78 Å². The van der Waals surface area contributed by atoms with Crippen LogP contribution in [-0.4, -0.2) is 22.1 Å². The van der Waals surface area contributed by atoms with E-state index in [0.29, 0.717) is 5.69 Å². The molecule has 5 rings (SSSR count). The molecule has 0 atom stereocenters. The molecule has 0 saturated heterocycles. The van der Waals surface area contributed by atoms with Crippen molar-refractivity contribution in [3.8, 4) is 0 Å². The minimum absolute atomic E-state index is 0.553. The van der Waals surface area contributed by atoms with Crippen LogP contribution >= 0.6 is 0 Å². The fourth-order valence-corrected chi connectivity index (χ4v) is 5.18. The maximum atomic E-state index is 13.6. The SMILES string of the molecule is Cn1c2c(c3cc(Nc4ccc(F)c(F)c4)ccc31)CN(C1CCCCC1)CC2. The lowest BCUT2D eigenvalue weighted by atomic mass is 9.92. The smallest absolute Gasteiger partial charge is 0.160 e. The molecule has 0 radical (unpaired) electrons. The van der Waals surface area contributed by atoms with E-state index in [2.05, 4.69) is 34.0 Å². The summed E-state index contributed by atoms with van der Waals surface area (Å²) in [6, 6.07) is 10.9. The fourth-order valence-electron chi connectivity index (χ4n) is 5.18. The van der Waals surface area contributed by atoms with Gasteiger partial charge in [-0.15, -0.1) is 0 Å². The van der Waals surface area contributed by atoms with Crippen LogP contribution < -0.4 is 5.32 Å². The van der Waals surface area contributed by atoms with Gasteiger partial charge in [-0.2, -0.15) is 0 Å². The van der Waals surface area contributed by atoms with Gasteiger partial charge in [-0.1, -0.05) is 19.3 Å². The Labute approximate surface area is 170 Å². The van der Waals surface area contributed by atoms with Crippen molar-refractivity contribution in [2.24, 2.45) is 7.05 Å². The summed E-state index contributed by atoms with van der Waals surface area (Å²) >= 11 is 0. The third kappa shape index (κ3) is 3.42. The minimum atomic E-state index is -0.837. The molecule has 2 aromatic carbocycles. The van der Waals surface area contributed by atoms with Crippen molar-refractivity contribution in [2.75, 3.05) is 11.9 Å². The molecule has 0 bridgehead atoms. The van der Waals surface area contributed by atoms with E-state index >= 15 is 0 Å². The van der Waals surface area contributed by atoms with Crippen molar-refractivity contribution < 1.29 is 8.78 Å². The Morgan fingerprint density at radius 3 is 2.48 bits per heavy atom. The molecule has 1 saturated carbocycles. The molecule has 1 aliphatic heterocycles. The number of anilines is 2. The standard InChI is InChI=1S/C24H27F2N3/c1-28-23-10-8-16(27-17-7-9-21(25)22(26)14-17)13-19(23)20-15-29(12-11-24(20)28)18-5-3-2-4-6-18/h7-10,13-14,18,27H,2-6,11-12,15H2,1H3. The number of nitrogens with zero attached hydrogens (tertiary/aromatic N) is 2. The fraction of sp³-hybridized carbons (Fsp3) is 0.417. The van der Waals surface area contributed by atoms with Crippen LogP contribution in [0.1, 0.15) is 43.4 Å². The second kappa shape index (κ2) is 7.45. The van der Waals surface area contributed by atoms with Gasteiger partial charge in [0.05, 0.1) is 0 Å². The molecule has 0 unspecified atom stereocenters. The summed E-state index contributed by atoms with van der Waals surface area (Å²) in [5.74, 6) is -1.66. The van der Waals surface area contributed by atoms with E-state index in [9.17, 15) is 8.78 Å². The number of hydrogen-bond acceptors (Lipinski definition) is 2. The zero-order chi connectivity index (χ0) is 20.0. The maximum absolute atomic E-state index is 13.6. The molecule has 3 aromatic rings. The quantitative estimate of drug-likeness (QED) is 0.597. The Morgan fingerprint density at radius 1 is 0.931 bits per heavy atom. The highest BCUT2D eigenvalue weighted by Gasteiger charge is 2.28. The molecule has 1 aliphatic carbocycles. The number of halogens is 2. The Bertz CT molecular complexity index is 1050. The van der Waals surface area contributed by atoms with Gasteiger partial charge in [-0.3, -0.25) is 4.90 Å². The lowest BCUT2D eigenvalue weighted by molar-refractivity contribution is 0.141. The number of hydrogen-bond donors (Lipinski definition) is 1. The zero-order valence-electron chi connectivity index (χ0n) is 16.8. The average Bonchev–Trinajstić information content (AvgIpc) is 3.03. The first-order chi connectivity index (χ1) is 14.1. The highest BCUT2D eigenvalue weighted by molar-refractivity contribution is 5.89. The minimum Gasteiger partial charge on any atom is -0.355 e. The zero-order valence-corrected chi connectivity index (χ0v) is 16.8. The van der Waals surface area contributed by atoms with Crippen LogP contribution in [0, 0.1) is 11.6 Å².